The van der Waals surface area contributed by atoms with Gasteiger partial charge >= 0.3 is 0 Å². The lowest BCUT2D eigenvalue weighted by atomic mass is 9.97. The molecule has 0 aromatic heterocycles. The molecule has 1 saturated heterocycles. The molecule has 90 valence electrons. The molecule has 0 aliphatic carbocycles. The van der Waals surface area contributed by atoms with Crippen LogP contribution < -0.4 is 0 Å². The Hall–Kier alpha value is -0.240. The first-order valence-electron chi connectivity index (χ1n) is 4.90. The summed E-state index contributed by atoms with van der Waals surface area (Å²) >= 11 is 0. The molecule has 4 N–H and O–H groups in total. The van der Waals surface area contributed by atoms with Gasteiger partial charge in [0.15, 0.2) is 6.10 Å². The molecular formula is C9H20NO5+. The largest absolute Gasteiger partial charge is 0.394 e. The molecule has 5 atom stereocenters. The van der Waals surface area contributed by atoms with Crippen molar-refractivity contribution in [1.29, 1.82) is 0 Å². The Labute approximate surface area is 88.9 Å². The zero-order valence-corrected chi connectivity index (χ0v) is 9.24. The monoisotopic (exact) mass is 222 g/mol. The summed E-state index contributed by atoms with van der Waals surface area (Å²) in [4.78, 5) is 0. The van der Waals surface area contributed by atoms with Gasteiger partial charge in [-0.25, -0.2) is 0 Å². The van der Waals surface area contributed by atoms with Crippen molar-refractivity contribution < 1.29 is 29.6 Å². The van der Waals surface area contributed by atoms with Crippen molar-refractivity contribution in [2.75, 3.05) is 27.7 Å². The minimum Gasteiger partial charge on any atom is -0.394 e. The quantitative estimate of drug-likeness (QED) is 0.388. The Morgan fingerprint density at radius 3 is 1.93 bits per heavy atom. The van der Waals surface area contributed by atoms with Gasteiger partial charge in [0.25, 0.3) is 0 Å². The number of hydrogen-bond acceptors (Lipinski definition) is 5. The summed E-state index contributed by atoms with van der Waals surface area (Å²) in [5.41, 5.74) is 0. The first kappa shape index (κ1) is 12.8. The summed E-state index contributed by atoms with van der Waals surface area (Å²) < 4.78 is 5.64. The van der Waals surface area contributed by atoms with Crippen LogP contribution in [0, 0.1) is 0 Å². The van der Waals surface area contributed by atoms with Crippen molar-refractivity contribution in [3.63, 3.8) is 0 Å². The van der Waals surface area contributed by atoms with Crippen molar-refractivity contribution in [1.82, 2.24) is 0 Å². The van der Waals surface area contributed by atoms with Gasteiger partial charge in [0.05, 0.1) is 27.7 Å². The van der Waals surface area contributed by atoms with E-state index in [9.17, 15) is 15.3 Å². The summed E-state index contributed by atoms with van der Waals surface area (Å²) in [5.74, 6) is 0. The van der Waals surface area contributed by atoms with Crippen LogP contribution in [0.3, 0.4) is 0 Å². The molecule has 6 nitrogen and oxygen atoms in total. The standard InChI is InChI=1S/C9H20NO5/c1-10(2,3)9-8(14)7(13)6(12)5(4-11)15-9/h5-9,11-14H,4H2,1-3H3/q+1/t5-,6-,7+,8-,9-/m1/s1. The summed E-state index contributed by atoms with van der Waals surface area (Å²) in [6, 6.07) is 0. The summed E-state index contributed by atoms with van der Waals surface area (Å²) in [7, 11) is 5.40. The number of likely N-dealkylation sites (N-methyl/N-ethyl adjacent to an activating group) is 1. The molecule has 0 saturated carbocycles. The second-order valence-corrected chi connectivity index (χ2v) is 4.84. The van der Waals surface area contributed by atoms with Crippen molar-refractivity contribution in [3.8, 4) is 0 Å². The van der Waals surface area contributed by atoms with Crippen LogP contribution in [0.15, 0.2) is 0 Å². The maximum Gasteiger partial charge on any atom is 0.222 e. The Morgan fingerprint density at radius 2 is 1.53 bits per heavy atom. The minimum absolute atomic E-state index is 0.279. The zero-order chi connectivity index (χ0) is 11.8. The maximum atomic E-state index is 9.72. The molecule has 0 amide bonds. The van der Waals surface area contributed by atoms with E-state index in [0.29, 0.717) is 0 Å². The molecule has 0 spiro atoms. The number of ether oxygens (including phenoxy) is 1. The molecule has 0 aromatic carbocycles. The molecule has 15 heavy (non-hydrogen) atoms. The summed E-state index contributed by atoms with van der Waals surface area (Å²) in [5, 5.41) is 37.8. The fourth-order valence-corrected chi connectivity index (χ4v) is 1.72. The second kappa shape index (κ2) is 4.32. The van der Waals surface area contributed by atoms with E-state index in [1.54, 1.807) is 21.1 Å². The fourth-order valence-electron chi connectivity index (χ4n) is 1.72. The number of rotatable bonds is 2. The highest BCUT2D eigenvalue weighted by Gasteiger charge is 2.48. The highest BCUT2D eigenvalue weighted by Crippen LogP contribution is 2.24. The second-order valence-electron chi connectivity index (χ2n) is 4.84. The Kier molecular flexibility index (Phi) is 3.70. The lowest BCUT2D eigenvalue weighted by Crippen LogP contribution is -2.66. The number of aliphatic hydroxyl groups is 4. The van der Waals surface area contributed by atoms with Crippen molar-refractivity contribution in [2.45, 2.75) is 30.6 Å². The Bertz CT molecular complexity index is 215. The molecule has 1 rings (SSSR count). The van der Waals surface area contributed by atoms with Crippen LogP contribution in [0.1, 0.15) is 0 Å². The van der Waals surface area contributed by atoms with Crippen molar-refractivity contribution >= 4 is 0 Å². The molecule has 0 radical (unpaired) electrons. The zero-order valence-electron chi connectivity index (χ0n) is 9.24. The van der Waals surface area contributed by atoms with E-state index in [1.807, 2.05) is 0 Å². The molecule has 6 heteroatoms. The van der Waals surface area contributed by atoms with Gasteiger partial charge in [-0.3, -0.25) is 0 Å². The van der Waals surface area contributed by atoms with Gasteiger partial charge in [-0.15, -0.1) is 0 Å². The lowest BCUT2D eigenvalue weighted by Gasteiger charge is -2.45. The molecule has 0 aromatic rings. The van der Waals surface area contributed by atoms with E-state index < -0.39 is 30.6 Å². The van der Waals surface area contributed by atoms with Gasteiger partial charge < -0.3 is 29.6 Å². The lowest BCUT2D eigenvalue weighted by molar-refractivity contribution is -0.927. The SMILES string of the molecule is C[N+](C)(C)[C@@H]1O[C@H](CO)[C@@H](O)[C@H](O)[C@H]1O. The molecule has 1 heterocycles. The van der Waals surface area contributed by atoms with E-state index in [2.05, 4.69) is 0 Å². The van der Waals surface area contributed by atoms with Crippen molar-refractivity contribution in [2.24, 2.45) is 0 Å². The third kappa shape index (κ3) is 2.47. The summed E-state index contributed by atoms with van der Waals surface area (Å²) in [6.07, 6.45) is -5.24. The van der Waals surface area contributed by atoms with Gasteiger partial charge in [-0.05, 0) is 0 Å². The van der Waals surface area contributed by atoms with Crippen LogP contribution in [0.5, 0.6) is 0 Å². The normalized spacial score (nSPS) is 43.0. The first-order valence-corrected chi connectivity index (χ1v) is 4.90. The molecule has 1 aliphatic rings. The van der Waals surface area contributed by atoms with E-state index in [1.165, 1.54) is 0 Å². The maximum absolute atomic E-state index is 9.72. The van der Waals surface area contributed by atoms with Crippen LogP contribution in [0.2, 0.25) is 0 Å². The number of hydrogen-bond donors (Lipinski definition) is 4. The number of nitrogens with zero attached hydrogens (tertiary/aromatic N) is 1. The molecule has 1 aliphatic heterocycles. The van der Waals surface area contributed by atoms with E-state index >= 15 is 0 Å². The molecule has 0 unspecified atom stereocenters. The molecule has 1 fully saturated rings. The van der Waals surface area contributed by atoms with Gasteiger partial charge in [-0.2, -0.15) is 0 Å². The van der Waals surface area contributed by atoms with Gasteiger partial charge in [0.2, 0.25) is 6.23 Å². The van der Waals surface area contributed by atoms with Gasteiger partial charge in [-0.1, -0.05) is 0 Å². The van der Waals surface area contributed by atoms with Gasteiger partial charge in [0.1, 0.15) is 18.3 Å². The average molecular weight is 222 g/mol. The van der Waals surface area contributed by atoms with E-state index in [-0.39, 0.29) is 11.1 Å². The first-order chi connectivity index (χ1) is 6.79. The van der Waals surface area contributed by atoms with Crippen LogP contribution in [0.25, 0.3) is 0 Å². The summed E-state index contributed by atoms with van der Waals surface area (Å²) in [6.45, 7) is -0.387. The number of quaternary nitrogens is 1. The number of aliphatic hydroxyl groups excluding tert-OH is 4. The molecule has 0 bridgehead atoms. The van der Waals surface area contributed by atoms with Gasteiger partial charge in [0, 0.05) is 0 Å². The van der Waals surface area contributed by atoms with Crippen LogP contribution in [-0.4, -0.2) is 83.3 Å². The third-order valence-corrected chi connectivity index (χ3v) is 2.63. The highest BCUT2D eigenvalue weighted by atomic mass is 16.6. The van der Waals surface area contributed by atoms with E-state index in [0.717, 1.165) is 0 Å². The average Bonchev–Trinajstić information content (AvgIpc) is 2.13. The Morgan fingerprint density at radius 1 is 1.00 bits per heavy atom. The van der Waals surface area contributed by atoms with Crippen molar-refractivity contribution in [3.05, 3.63) is 0 Å². The predicted molar refractivity (Wildman–Crippen MR) is 51.8 cm³/mol. The topological polar surface area (TPSA) is 90.2 Å². The fraction of sp³-hybridized carbons (Fsp3) is 1.00. The highest BCUT2D eigenvalue weighted by molar-refractivity contribution is 4.88. The minimum atomic E-state index is -1.29. The molecular weight excluding hydrogens is 202 g/mol. The van der Waals surface area contributed by atoms with Crippen LogP contribution in [0.4, 0.5) is 0 Å². The smallest absolute Gasteiger partial charge is 0.222 e. The van der Waals surface area contributed by atoms with Crippen LogP contribution in [-0.2, 0) is 4.74 Å². The third-order valence-electron chi connectivity index (χ3n) is 2.63. The Balaban J connectivity index is 2.83. The van der Waals surface area contributed by atoms with E-state index in [4.69, 9.17) is 9.84 Å². The predicted octanol–water partition coefficient (Wildman–Crippen LogP) is -2.51. The van der Waals surface area contributed by atoms with Crippen LogP contribution >= 0.6 is 0 Å².